The molecule has 1 aliphatic heterocycles. The quantitative estimate of drug-likeness (QED) is 0.692. The van der Waals surface area contributed by atoms with Crippen molar-refractivity contribution in [3.63, 3.8) is 0 Å². The molecule has 0 spiro atoms. The number of esters is 1. The molecule has 0 atom stereocenters. The lowest BCUT2D eigenvalue weighted by Crippen LogP contribution is -2.02. The molecule has 0 amide bonds. The molecule has 2 aromatic heterocycles. The Bertz CT molecular complexity index is 963. The number of hydrogen-bond acceptors (Lipinski definition) is 7. The first kappa shape index (κ1) is 16.6. The lowest BCUT2D eigenvalue weighted by atomic mass is 10.1. The summed E-state index contributed by atoms with van der Waals surface area (Å²) in [4.78, 5) is 24.0. The first-order chi connectivity index (χ1) is 12.6. The van der Waals surface area contributed by atoms with E-state index in [9.17, 15) is 4.79 Å². The van der Waals surface area contributed by atoms with Gasteiger partial charge >= 0.3 is 5.97 Å². The number of benzene rings is 1. The van der Waals surface area contributed by atoms with E-state index >= 15 is 0 Å². The first-order valence-electron chi connectivity index (χ1n) is 8.12. The third kappa shape index (κ3) is 3.15. The monoisotopic (exact) mass is 371 g/mol. The number of methoxy groups -OCH3 is 1. The van der Waals surface area contributed by atoms with Gasteiger partial charge in [0.05, 0.1) is 19.2 Å². The second-order valence-corrected chi connectivity index (χ2v) is 6.70. The van der Waals surface area contributed by atoms with E-state index in [1.165, 1.54) is 18.4 Å². The first-order valence-corrected chi connectivity index (χ1v) is 9.00. The van der Waals surface area contributed by atoms with E-state index < -0.39 is 0 Å². The van der Waals surface area contributed by atoms with Gasteiger partial charge in [0.25, 0.3) is 0 Å². The summed E-state index contributed by atoms with van der Waals surface area (Å²) in [5.41, 5.74) is 3.48. The average Bonchev–Trinajstić information content (AvgIpc) is 3.37. The Labute approximate surface area is 154 Å². The van der Waals surface area contributed by atoms with E-state index in [-0.39, 0.29) is 19.2 Å². The Kier molecular flexibility index (Phi) is 4.34. The minimum atomic E-state index is -0.266. The Hall–Kier alpha value is -2.87. The van der Waals surface area contributed by atoms with E-state index in [0.717, 1.165) is 33.4 Å². The number of fused-ring (bicyclic) bond motifs is 1. The number of H-pyrrole nitrogens is 1. The van der Waals surface area contributed by atoms with Gasteiger partial charge in [0, 0.05) is 23.1 Å². The van der Waals surface area contributed by atoms with Gasteiger partial charge in [-0.15, -0.1) is 11.3 Å². The zero-order valence-corrected chi connectivity index (χ0v) is 15.2. The second kappa shape index (κ2) is 6.80. The van der Waals surface area contributed by atoms with Crippen LogP contribution >= 0.6 is 11.3 Å². The molecule has 1 N–H and O–H groups in total. The Morgan fingerprint density at radius 2 is 2.15 bits per heavy atom. The van der Waals surface area contributed by atoms with Crippen LogP contribution in [-0.4, -0.2) is 34.8 Å². The average molecular weight is 371 g/mol. The number of ether oxygens (including phenoxy) is 3. The fourth-order valence-corrected chi connectivity index (χ4v) is 3.53. The van der Waals surface area contributed by atoms with Crippen LogP contribution in [0.2, 0.25) is 0 Å². The van der Waals surface area contributed by atoms with Crippen molar-refractivity contribution in [3.05, 3.63) is 35.1 Å². The molecule has 0 unspecified atom stereocenters. The van der Waals surface area contributed by atoms with Crippen molar-refractivity contribution in [1.29, 1.82) is 0 Å². The summed E-state index contributed by atoms with van der Waals surface area (Å²) in [5, 5.41) is 2.82. The molecule has 0 bridgehead atoms. The normalized spacial score (nSPS) is 12.4. The highest BCUT2D eigenvalue weighted by Gasteiger charge is 2.20. The lowest BCUT2D eigenvalue weighted by molar-refractivity contribution is -0.140. The molecule has 134 valence electrons. The van der Waals surface area contributed by atoms with Crippen molar-refractivity contribution in [2.24, 2.45) is 0 Å². The summed E-state index contributed by atoms with van der Waals surface area (Å²) in [7, 11) is 1.38. The van der Waals surface area contributed by atoms with E-state index in [2.05, 4.69) is 15.0 Å². The summed E-state index contributed by atoms with van der Waals surface area (Å²) in [5.74, 6) is 1.88. The van der Waals surface area contributed by atoms with Crippen LogP contribution in [0.3, 0.4) is 0 Å². The third-order valence-electron chi connectivity index (χ3n) is 4.03. The molecule has 0 fully saturated rings. The van der Waals surface area contributed by atoms with Crippen LogP contribution in [0.25, 0.3) is 22.0 Å². The number of nitrogens with one attached hydrogen (secondary N) is 1. The molecular formula is C18H17N3O4S. The van der Waals surface area contributed by atoms with Gasteiger partial charge in [0.15, 0.2) is 11.5 Å². The number of rotatable bonds is 5. The third-order valence-corrected chi connectivity index (χ3v) is 5.00. The Morgan fingerprint density at radius 3 is 2.92 bits per heavy atom. The summed E-state index contributed by atoms with van der Waals surface area (Å²) in [6.07, 6.45) is 0.732. The molecule has 0 saturated carbocycles. The van der Waals surface area contributed by atoms with Gasteiger partial charge in [-0.2, -0.15) is 0 Å². The summed E-state index contributed by atoms with van der Waals surface area (Å²) < 4.78 is 15.6. The van der Waals surface area contributed by atoms with E-state index in [1.54, 1.807) is 0 Å². The number of aryl methyl sites for hydroxylation is 2. The van der Waals surface area contributed by atoms with Crippen molar-refractivity contribution < 1.29 is 19.0 Å². The molecule has 7 nitrogen and oxygen atoms in total. The molecule has 4 rings (SSSR count). The number of aromatic nitrogens is 3. The molecular weight excluding hydrogens is 354 g/mol. The fraction of sp³-hybridized carbons (Fsp3) is 0.278. The minimum absolute atomic E-state index is 0.227. The van der Waals surface area contributed by atoms with Gasteiger partial charge in [0.2, 0.25) is 6.79 Å². The van der Waals surface area contributed by atoms with Gasteiger partial charge in [0.1, 0.15) is 16.5 Å². The van der Waals surface area contributed by atoms with Crippen LogP contribution in [0.4, 0.5) is 0 Å². The predicted octanol–water partition coefficient (Wildman–Crippen LogP) is 3.34. The maximum Gasteiger partial charge on any atom is 0.305 e. The minimum Gasteiger partial charge on any atom is -0.469 e. The van der Waals surface area contributed by atoms with Crippen LogP contribution in [0, 0.1) is 6.92 Å². The summed E-state index contributed by atoms with van der Waals surface area (Å²) in [6, 6.07) is 5.75. The van der Waals surface area contributed by atoms with E-state index in [0.29, 0.717) is 18.0 Å². The highest BCUT2D eigenvalue weighted by atomic mass is 32.1. The van der Waals surface area contributed by atoms with Crippen molar-refractivity contribution in [2.45, 2.75) is 19.8 Å². The van der Waals surface area contributed by atoms with Gasteiger partial charge in [-0.25, -0.2) is 9.97 Å². The van der Waals surface area contributed by atoms with Gasteiger partial charge in [-0.3, -0.25) is 4.79 Å². The van der Waals surface area contributed by atoms with Crippen molar-refractivity contribution in [1.82, 2.24) is 15.0 Å². The van der Waals surface area contributed by atoms with Crippen LogP contribution in [-0.2, 0) is 16.0 Å². The molecule has 1 aromatic carbocycles. The summed E-state index contributed by atoms with van der Waals surface area (Å²) >= 11 is 1.54. The molecule has 0 radical (unpaired) electrons. The number of carbonyl (C=O) groups excluding carboxylic acids is 1. The SMILES string of the molecule is COC(=O)CCc1nc(-c2nc(C)cs2)c(-c2ccc3c(c2)OCO3)[nH]1. The zero-order chi connectivity index (χ0) is 18.1. The number of carbonyl (C=O) groups is 1. The molecule has 8 heteroatoms. The number of imidazole rings is 1. The number of nitrogens with zero attached hydrogens (tertiary/aromatic N) is 2. The lowest BCUT2D eigenvalue weighted by Gasteiger charge is -2.03. The molecule has 3 heterocycles. The Balaban J connectivity index is 1.74. The van der Waals surface area contributed by atoms with Crippen LogP contribution < -0.4 is 9.47 Å². The van der Waals surface area contributed by atoms with Crippen LogP contribution in [0.5, 0.6) is 11.5 Å². The van der Waals surface area contributed by atoms with Crippen LogP contribution in [0.15, 0.2) is 23.6 Å². The number of aromatic amines is 1. The maximum atomic E-state index is 11.4. The molecule has 3 aromatic rings. The van der Waals surface area contributed by atoms with Gasteiger partial charge in [-0.1, -0.05) is 0 Å². The van der Waals surface area contributed by atoms with E-state index in [1.807, 2.05) is 30.5 Å². The standard InChI is InChI=1S/C18H17N3O4S/c1-10-8-26-18(19-10)17-16(20-14(21-17)5-6-15(22)23-2)11-3-4-12-13(7-11)25-9-24-12/h3-4,7-8H,5-6,9H2,1-2H3,(H,20,21). The maximum absolute atomic E-state index is 11.4. The smallest absolute Gasteiger partial charge is 0.305 e. The topological polar surface area (TPSA) is 86.3 Å². The molecule has 0 saturated heterocycles. The van der Waals surface area contributed by atoms with Crippen LogP contribution in [0.1, 0.15) is 17.9 Å². The molecule has 26 heavy (non-hydrogen) atoms. The fourth-order valence-electron chi connectivity index (χ4n) is 2.74. The number of hydrogen-bond donors (Lipinski definition) is 1. The van der Waals surface area contributed by atoms with Crippen molar-refractivity contribution in [2.75, 3.05) is 13.9 Å². The van der Waals surface area contributed by atoms with Gasteiger partial charge in [-0.05, 0) is 25.1 Å². The Morgan fingerprint density at radius 1 is 1.31 bits per heavy atom. The predicted molar refractivity (Wildman–Crippen MR) is 96.3 cm³/mol. The largest absolute Gasteiger partial charge is 0.469 e. The molecule has 1 aliphatic rings. The highest BCUT2D eigenvalue weighted by Crippen LogP contribution is 2.38. The molecule has 0 aliphatic carbocycles. The van der Waals surface area contributed by atoms with Crippen molar-refractivity contribution in [3.8, 4) is 33.5 Å². The number of thiazole rings is 1. The highest BCUT2D eigenvalue weighted by molar-refractivity contribution is 7.13. The van der Waals surface area contributed by atoms with E-state index in [4.69, 9.17) is 14.2 Å². The zero-order valence-electron chi connectivity index (χ0n) is 14.4. The second-order valence-electron chi connectivity index (χ2n) is 5.85. The summed E-state index contributed by atoms with van der Waals surface area (Å²) in [6.45, 7) is 2.18. The van der Waals surface area contributed by atoms with Gasteiger partial charge < -0.3 is 19.2 Å². The van der Waals surface area contributed by atoms with Crippen molar-refractivity contribution >= 4 is 17.3 Å².